The van der Waals surface area contributed by atoms with Crippen molar-refractivity contribution in [1.82, 2.24) is 10.2 Å². The van der Waals surface area contributed by atoms with Crippen LogP contribution >= 0.6 is 11.6 Å². The second-order valence-electron chi connectivity index (χ2n) is 6.69. The second-order valence-corrected chi connectivity index (χ2v) is 7.10. The minimum absolute atomic E-state index is 0.242. The number of phenolic OH excluding ortho intramolecular Hbond substituents is 1. The molecule has 1 atom stereocenters. The first-order chi connectivity index (χ1) is 13.6. The first kappa shape index (κ1) is 20.3. The standard InChI is InChI=1S/C21H27ClN4O2/c1-2-23-21(24-15-20(28)16-7-3-4-8-17(16)22)26-13-11-25(12-14-26)18-9-5-6-10-19(18)27/h3-10,20,27-28H,2,11-15H2,1H3,(H,23,24). The van der Waals surface area contributed by atoms with Crippen molar-refractivity contribution in [2.24, 2.45) is 4.99 Å². The highest BCUT2D eigenvalue weighted by molar-refractivity contribution is 6.31. The van der Waals surface area contributed by atoms with Crippen molar-refractivity contribution in [2.75, 3.05) is 44.2 Å². The molecule has 2 aromatic carbocycles. The smallest absolute Gasteiger partial charge is 0.194 e. The molecule has 150 valence electrons. The molecular weight excluding hydrogens is 376 g/mol. The van der Waals surface area contributed by atoms with Gasteiger partial charge < -0.3 is 25.3 Å². The number of aromatic hydroxyl groups is 1. The van der Waals surface area contributed by atoms with Crippen molar-refractivity contribution < 1.29 is 10.2 Å². The number of aliphatic hydroxyl groups excluding tert-OH is 1. The Labute approximate surface area is 171 Å². The van der Waals surface area contributed by atoms with Gasteiger partial charge in [0.25, 0.3) is 0 Å². The van der Waals surface area contributed by atoms with Crippen LogP contribution in [0.1, 0.15) is 18.6 Å². The molecule has 3 N–H and O–H groups in total. The summed E-state index contributed by atoms with van der Waals surface area (Å²) in [5.74, 6) is 1.09. The first-order valence-electron chi connectivity index (χ1n) is 9.59. The molecule has 0 bridgehead atoms. The van der Waals surface area contributed by atoms with Crippen molar-refractivity contribution in [3.05, 3.63) is 59.1 Å². The Bertz CT molecular complexity index is 806. The molecule has 1 heterocycles. The number of aliphatic hydroxyl groups is 1. The molecule has 1 unspecified atom stereocenters. The van der Waals surface area contributed by atoms with E-state index in [4.69, 9.17) is 11.6 Å². The van der Waals surface area contributed by atoms with E-state index in [0.29, 0.717) is 16.3 Å². The molecule has 2 aromatic rings. The van der Waals surface area contributed by atoms with E-state index in [-0.39, 0.29) is 6.54 Å². The Hall–Kier alpha value is -2.44. The molecule has 1 fully saturated rings. The predicted molar refractivity (Wildman–Crippen MR) is 114 cm³/mol. The normalized spacial score (nSPS) is 16.2. The predicted octanol–water partition coefficient (Wildman–Crippen LogP) is 2.87. The lowest BCUT2D eigenvalue weighted by molar-refractivity contribution is 0.186. The summed E-state index contributed by atoms with van der Waals surface area (Å²) in [6, 6.07) is 14.7. The van der Waals surface area contributed by atoms with Crippen LogP contribution in [0.5, 0.6) is 5.75 Å². The van der Waals surface area contributed by atoms with Gasteiger partial charge in [0.05, 0.1) is 12.2 Å². The number of piperazine rings is 1. The Balaban J connectivity index is 1.64. The number of hydrogen-bond donors (Lipinski definition) is 3. The van der Waals surface area contributed by atoms with Gasteiger partial charge in [-0.1, -0.05) is 41.9 Å². The van der Waals surface area contributed by atoms with Gasteiger partial charge in [0.15, 0.2) is 5.96 Å². The molecule has 3 rings (SSSR count). The molecular formula is C21H27ClN4O2. The summed E-state index contributed by atoms with van der Waals surface area (Å²) in [5, 5.41) is 24.4. The molecule has 1 aliphatic rings. The van der Waals surface area contributed by atoms with Gasteiger partial charge in [0, 0.05) is 43.3 Å². The number of hydrogen-bond acceptors (Lipinski definition) is 4. The van der Waals surface area contributed by atoms with Crippen LogP contribution in [0.2, 0.25) is 5.02 Å². The number of aliphatic imine (C=N–C) groups is 1. The highest BCUT2D eigenvalue weighted by Crippen LogP contribution is 2.27. The molecule has 1 aliphatic heterocycles. The zero-order valence-corrected chi connectivity index (χ0v) is 16.8. The van der Waals surface area contributed by atoms with Gasteiger partial charge in [0.2, 0.25) is 0 Å². The average Bonchev–Trinajstić information content (AvgIpc) is 2.72. The van der Waals surface area contributed by atoms with E-state index in [9.17, 15) is 10.2 Å². The minimum atomic E-state index is -0.745. The van der Waals surface area contributed by atoms with Crippen molar-refractivity contribution in [3.63, 3.8) is 0 Å². The fourth-order valence-corrected chi connectivity index (χ4v) is 3.59. The number of benzene rings is 2. The first-order valence-corrected chi connectivity index (χ1v) is 9.96. The number of para-hydroxylation sites is 2. The zero-order chi connectivity index (χ0) is 19.9. The van der Waals surface area contributed by atoms with Crippen molar-refractivity contribution >= 4 is 23.2 Å². The third-order valence-corrected chi connectivity index (χ3v) is 5.16. The largest absolute Gasteiger partial charge is 0.506 e. The Morgan fingerprint density at radius 3 is 2.46 bits per heavy atom. The summed E-state index contributed by atoms with van der Waals surface area (Å²) in [6.07, 6.45) is -0.745. The lowest BCUT2D eigenvalue weighted by Crippen LogP contribution is -2.52. The lowest BCUT2D eigenvalue weighted by atomic mass is 10.1. The number of nitrogens with zero attached hydrogens (tertiary/aromatic N) is 3. The second kappa shape index (κ2) is 9.66. The quantitative estimate of drug-likeness (QED) is 0.530. The summed E-state index contributed by atoms with van der Waals surface area (Å²) >= 11 is 6.17. The number of halogens is 1. The summed E-state index contributed by atoms with van der Waals surface area (Å²) in [5.41, 5.74) is 1.55. The lowest BCUT2D eigenvalue weighted by Gasteiger charge is -2.38. The maximum Gasteiger partial charge on any atom is 0.194 e. The topological polar surface area (TPSA) is 71.3 Å². The highest BCUT2D eigenvalue weighted by atomic mass is 35.5. The van der Waals surface area contributed by atoms with Gasteiger partial charge in [-0.25, -0.2) is 0 Å². The molecule has 0 aliphatic carbocycles. The van der Waals surface area contributed by atoms with Crippen LogP contribution in [-0.2, 0) is 0 Å². The number of anilines is 1. The van der Waals surface area contributed by atoms with E-state index < -0.39 is 6.10 Å². The Morgan fingerprint density at radius 2 is 1.79 bits per heavy atom. The van der Waals surface area contributed by atoms with Crippen LogP contribution < -0.4 is 10.2 Å². The van der Waals surface area contributed by atoms with Crippen molar-refractivity contribution in [1.29, 1.82) is 0 Å². The van der Waals surface area contributed by atoms with E-state index in [1.54, 1.807) is 12.1 Å². The van der Waals surface area contributed by atoms with Crippen LogP contribution in [-0.4, -0.2) is 60.3 Å². The van der Waals surface area contributed by atoms with Gasteiger partial charge >= 0.3 is 0 Å². The van der Waals surface area contributed by atoms with Gasteiger partial charge in [0.1, 0.15) is 11.9 Å². The third kappa shape index (κ3) is 4.88. The molecule has 7 heteroatoms. The molecule has 0 amide bonds. The van der Waals surface area contributed by atoms with Gasteiger partial charge in [-0.05, 0) is 25.1 Å². The van der Waals surface area contributed by atoms with Crippen molar-refractivity contribution in [3.8, 4) is 5.75 Å². The molecule has 6 nitrogen and oxygen atoms in total. The summed E-state index contributed by atoms with van der Waals surface area (Å²) in [6.45, 7) is 6.15. The summed E-state index contributed by atoms with van der Waals surface area (Å²) in [4.78, 5) is 8.98. The molecule has 0 radical (unpaired) electrons. The Kier molecular flexibility index (Phi) is 7.01. The number of guanidine groups is 1. The zero-order valence-electron chi connectivity index (χ0n) is 16.1. The average molecular weight is 403 g/mol. The van der Waals surface area contributed by atoms with Gasteiger partial charge in [-0.3, -0.25) is 4.99 Å². The van der Waals surface area contributed by atoms with Crippen molar-refractivity contribution in [2.45, 2.75) is 13.0 Å². The molecule has 28 heavy (non-hydrogen) atoms. The van der Waals surface area contributed by atoms with Crippen LogP contribution in [0.25, 0.3) is 0 Å². The fraction of sp³-hybridized carbons (Fsp3) is 0.381. The number of phenols is 1. The molecule has 0 spiro atoms. The van der Waals surface area contributed by atoms with Crippen LogP contribution in [0.15, 0.2) is 53.5 Å². The van der Waals surface area contributed by atoms with E-state index in [0.717, 1.165) is 44.4 Å². The third-order valence-electron chi connectivity index (χ3n) is 4.81. The van der Waals surface area contributed by atoms with Crippen LogP contribution in [0.3, 0.4) is 0 Å². The van der Waals surface area contributed by atoms with E-state index in [1.165, 1.54) is 0 Å². The fourth-order valence-electron chi connectivity index (χ4n) is 3.33. The number of nitrogens with one attached hydrogen (secondary N) is 1. The molecule has 0 saturated carbocycles. The van der Waals surface area contributed by atoms with Gasteiger partial charge in [-0.2, -0.15) is 0 Å². The SMILES string of the molecule is CCNC(=NCC(O)c1ccccc1Cl)N1CCN(c2ccccc2O)CC1. The summed E-state index contributed by atoms with van der Waals surface area (Å²) in [7, 11) is 0. The van der Waals surface area contributed by atoms with Crippen LogP contribution in [0.4, 0.5) is 5.69 Å². The van der Waals surface area contributed by atoms with Gasteiger partial charge in [-0.15, -0.1) is 0 Å². The van der Waals surface area contributed by atoms with E-state index in [1.807, 2.05) is 43.3 Å². The number of rotatable bonds is 5. The van der Waals surface area contributed by atoms with E-state index >= 15 is 0 Å². The monoisotopic (exact) mass is 402 g/mol. The summed E-state index contributed by atoms with van der Waals surface area (Å²) < 4.78 is 0. The molecule has 1 saturated heterocycles. The highest BCUT2D eigenvalue weighted by Gasteiger charge is 2.21. The minimum Gasteiger partial charge on any atom is -0.506 e. The van der Waals surface area contributed by atoms with E-state index in [2.05, 4.69) is 20.1 Å². The maximum absolute atomic E-state index is 10.5. The molecule has 0 aromatic heterocycles. The maximum atomic E-state index is 10.5. The Morgan fingerprint density at radius 1 is 1.11 bits per heavy atom. The van der Waals surface area contributed by atoms with Crippen LogP contribution in [0, 0.1) is 0 Å².